The predicted octanol–water partition coefficient (Wildman–Crippen LogP) is 2.53. The molecule has 4 N–H and O–H groups in total. The van der Waals surface area contributed by atoms with Crippen LogP contribution in [0.4, 0.5) is 5.82 Å². The van der Waals surface area contributed by atoms with E-state index in [-0.39, 0.29) is 0 Å². The molecule has 2 aromatic rings. The lowest BCUT2D eigenvalue weighted by atomic mass is 9.96. The molecule has 13 heteroatoms. The molecule has 1 aromatic carbocycles. The summed E-state index contributed by atoms with van der Waals surface area (Å²) in [6.07, 6.45) is 1.25. The highest BCUT2D eigenvalue weighted by molar-refractivity contribution is 5.88. The highest BCUT2D eigenvalue weighted by atomic mass is 16.5. The average molecular weight is 589 g/mol. The molecular formula is C29H40N4O9. The summed E-state index contributed by atoms with van der Waals surface area (Å²) in [6.45, 7) is 9.37. The summed E-state index contributed by atoms with van der Waals surface area (Å²) in [5.74, 6) is -0.967. The first-order valence-corrected chi connectivity index (χ1v) is 13.8. The summed E-state index contributed by atoms with van der Waals surface area (Å²) < 4.78 is 10.8. The summed E-state index contributed by atoms with van der Waals surface area (Å²) in [5, 5.41) is 33.8. The van der Waals surface area contributed by atoms with Gasteiger partial charge >= 0.3 is 17.9 Å². The van der Waals surface area contributed by atoms with Crippen LogP contribution in [0, 0.1) is 0 Å². The van der Waals surface area contributed by atoms with Gasteiger partial charge in [0, 0.05) is 44.2 Å². The molecule has 42 heavy (non-hydrogen) atoms. The average Bonchev–Trinajstić information content (AvgIpc) is 3.46. The van der Waals surface area contributed by atoms with Gasteiger partial charge in [0.2, 0.25) is 0 Å². The van der Waals surface area contributed by atoms with Gasteiger partial charge in [-0.1, -0.05) is 19.9 Å². The second-order valence-electron chi connectivity index (χ2n) is 10.8. The van der Waals surface area contributed by atoms with Crippen LogP contribution in [-0.2, 0) is 33.9 Å². The molecule has 4 rings (SSSR count). The van der Waals surface area contributed by atoms with Crippen molar-refractivity contribution < 1.29 is 44.3 Å². The van der Waals surface area contributed by atoms with Crippen molar-refractivity contribution in [3.63, 3.8) is 0 Å². The third kappa shape index (κ3) is 8.29. The Bertz CT molecular complexity index is 1260. The second-order valence-corrected chi connectivity index (χ2v) is 10.8. The monoisotopic (exact) mass is 588 g/mol. The number of aromatic nitrogens is 2. The number of anilines is 1. The summed E-state index contributed by atoms with van der Waals surface area (Å²) in [6, 6.07) is 6.17. The van der Waals surface area contributed by atoms with Crippen molar-refractivity contribution in [2.24, 2.45) is 0 Å². The van der Waals surface area contributed by atoms with E-state index in [2.05, 4.69) is 35.8 Å². The number of aliphatic carboxylic acids is 3. The van der Waals surface area contributed by atoms with E-state index in [9.17, 15) is 14.4 Å². The number of carbonyl (C=O) groups is 3. The third-order valence-corrected chi connectivity index (χ3v) is 7.20. The van der Waals surface area contributed by atoms with Crippen LogP contribution in [0.25, 0.3) is 0 Å². The van der Waals surface area contributed by atoms with E-state index in [0.29, 0.717) is 5.92 Å². The Morgan fingerprint density at radius 2 is 1.57 bits per heavy atom. The van der Waals surface area contributed by atoms with Gasteiger partial charge in [0.25, 0.3) is 0 Å². The Hall–Kier alpha value is -3.97. The van der Waals surface area contributed by atoms with E-state index in [1.165, 1.54) is 35.5 Å². The first-order valence-electron chi connectivity index (χ1n) is 13.8. The molecule has 0 bridgehead atoms. The highest BCUT2D eigenvalue weighted by Crippen LogP contribution is 2.32. The van der Waals surface area contributed by atoms with Crippen LogP contribution < -0.4 is 14.4 Å². The fourth-order valence-electron chi connectivity index (χ4n) is 5.02. The van der Waals surface area contributed by atoms with Crippen molar-refractivity contribution in [2.45, 2.75) is 70.6 Å². The number of rotatable bonds is 11. The van der Waals surface area contributed by atoms with Crippen LogP contribution in [-0.4, -0.2) is 92.7 Å². The van der Waals surface area contributed by atoms with Gasteiger partial charge in [-0.15, -0.1) is 0 Å². The summed E-state index contributed by atoms with van der Waals surface area (Å²) in [4.78, 5) is 45.4. The van der Waals surface area contributed by atoms with Gasteiger partial charge in [-0.3, -0.25) is 14.5 Å². The third-order valence-electron chi connectivity index (χ3n) is 7.20. The molecule has 0 unspecified atom stereocenters. The van der Waals surface area contributed by atoms with E-state index >= 15 is 0 Å². The first kappa shape index (κ1) is 32.5. The molecule has 0 spiro atoms. The van der Waals surface area contributed by atoms with Crippen molar-refractivity contribution in [1.29, 1.82) is 0 Å². The molecule has 0 radical (unpaired) electrons. The number of benzene rings is 1. The summed E-state index contributed by atoms with van der Waals surface area (Å²) in [5.41, 5.74) is 1.05. The van der Waals surface area contributed by atoms with Crippen LogP contribution in [0.2, 0.25) is 0 Å². The molecule has 2 aliphatic heterocycles. The predicted molar refractivity (Wildman–Crippen MR) is 152 cm³/mol. The van der Waals surface area contributed by atoms with E-state index in [0.717, 1.165) is 56.5 Å². The molecule has 230 valence electrons. The SMILES string of the molecule is COc1ccc(CN2CCc3c(nc(C(C)C)nc3N3CCCC3)C2)cc1OC.O=C(O)CC(O)(CC(=O)O)C(=O)O. The normalized spacial score (nSPS) is 15.0. The van der Waals surface area contributed by atoms with E-state index in [4.69, 9.17) is 39.9 Å². The van der Waals surface area contributed by atoms with Gasteiger partial charge in [-0.2, -0.15) is 0 Å². The Kier molecular flexibility index (Phi) is 11.1. The van der Waals surface area contributed by atoms with Crippen LogP contribution in [0.1, 0.15) is 68.1 Å². The molecule has 1 aromatic heterocycles. The maximum Gasteiger partial charge on any atom is 0.336 e. The lowest BCUT2D eigenvalue weighted by Gasteiger charge is -2.31. The minimum absolute atomic E-state index is 0.336. The van der Waals surface area contributed by atoms with Crippen molar-refractivity contribution in [3.8, 4) is 11.5 Å². The minimum Gasteiger partial charge on any atom is -0.493 e. The number of methoxy groups -OCH3 is 2. The lowest BCUT2D eigenvalue weighted by Crippen LogP contribution is -2.42. The molecule has 0 aliphatic carbocycles. The largest absolute Gasteiger partial charge is 0.493 e. The molecule has 0 amide bonds. The quantitative estimate of drug-likeness (QED) is 0.301. The molecule has 3 heterocycles. The Morgan fingerprint density at radius 3 is 2.10 bits per heavy atom. The van der Waals surface area contributed by atoms with Gasteiger partial charge in [-0.05, 0) is 37.0 Å². The van der Waals surface area contributed by atoms with E-state index in [1.54, 1.807) is 14.2 Å². The van der Waals surface area contributed by atoms with Crippen LogP contribution >= 0.6 is 0 Å². The van der Waals surface area contributed by atoms with Crippen molar-refractivity contribution in [3.05, 3.63) is 40.8 Å². The fourth-order valence-corrected chi connectivity index (χ4v) is 5.02. The van der Waals surface area contributed by atoms with Gasteiger partial charge in [0.1, 0.15) is 11.6 Å². The fraction of sp³-hybridized carbons (Fsp3) is 0.552. The van der Waals surface area contributed by atoms with Crippen molar-refractivity contribution in [2.75, 3.05) is 38.8 Å². The zero-order chi connectivity index (χ0) is 31.0. The van der Waals surface area contributed by atoms with Crippen LogP contribution in [0.3, 0.4) is 0 Å². The standard InChI is InChI=1S/C23H32N4O2.C6H8O7/c1-16(2)22-24-19-15-26(14-17-7-8-20(28-3)21(13-17)29-4)12-9-18(19)23(25-22)27-10-5-6-11-27;7-3(8)1-6(13,5(11)12)2-4(9)10/h7-8,13,16H,5-6,9-12,14-15H2,1-4H3;13H,1-2H2,(H,7,8)(H,9,10)(H,11,12). The molecule has 1 saturated heterocycles. The Morgan fingerprint density at radius 1 is 0.952 bits per heavy atom. The summed E-state index contributed by atoms with van der Waals surface area (Å²) >= 11 is 0. The number of nitrogens with zero attached hydrogens (tertiary/aromatic N) is 4. The lowest BCUT2D eigenvalue weighted by molar-refractivity contribution is -0.170. The van der Waals surface area contributed by atoms with Crippen LogP contribution in [0.5, 0.6) is 11.5 Å². The number of hydrogen-bond acceptors (Lipinski definition) is 10. The number of carboxylic acids is 3. The number of carboxylic acid groups (broad SMARTS) is 3. The number of ether oxygens (including phenoxy) is 2. The number of hydrogen-bond donors (Lipinski definition) is 4. The highest BCUT2D eigenvalue weighted by Gasteiger charge is 2.40. The molecule has 2 aliphatic rings. The molecule has 1 fully saturated rings. The maximum atomic E-state index is 10.3. The number of fused-ring (bicyclic) bond motifs is 1. The van der Waals surface area contributed by atoms with Gasteiger partial charge in [-0.25, -0.2) is 14.8 Å². The minimum atomic E-state index is -2.74. The second kappa shape index (κ2) is 14.3. The smallest absolute Gasteiger partial charge is 0.336 e. The van der Waals surface area contributed by atoms with Gasteiger partial charge < -0.3 is 34.8 Å². The zero-order valence-electron chi connectivity index (χ0n) is 24.5. The Balaban J connectivity index is 0.000000316. The van der Waals surface area contributed by atoms with Crippen LogP contribution in [0.15, 0.2) is 18.2 Å². The van der Waals surface area contributed by atoms with E-state index < -0.39 is 36.4 Å². The summed E-state index contributed by atoms with van der Waals surface area (Å²) in [7, 11) is 3.35. The number of aliphatic hydroxyl groups is 1. The van der Waals surface area contributed by atoms with Crippen molar-refractivity contribution >= 4 is 23.7 Å². The van der Waals surface area contributed by atoms with E-state index in [1.807, 2.05) is 6.07 Å². The topological polar surface area (TPSA) is 183 Å². The molecular weight excluding hydrogens is 548 g/mol. The van der Waals surface area contributed by atoms with Gasteiger partial charge in [0.15, 0.2) is 17.1 Å². The maximum absolute atomic E-state index is 10.3. The molecule has 0 saturated carbocycles. The zero-order valence-corrected chi connectivity index (χ0v) is 24.5. The first-order chi connectivity index (χ1) is 19.9. The van der Waals surface area contributed by atoms with Crippen molar-refractivity contribution in [1.82, 2.24) is 14.9 Å². The Labute approximate surface area is 244 Å². The molecule has 13 nitrogen and oxygen atoms in total. The molecule has 0 atom stereocenters. The van der Waals surface area contributed by atoms with Gasteiger partial charge in [0.05, 0.1) is 32.8 Å².